The van der Waals surface area contributed by atoms with E-state index in [9.17, 15) is 23.1 Å². The number of amides is 2. The topological polar surface area (TPSA) is 76.4 Å². The van der Waals surface area contributed by atoms with E-state index in [0.717, 1.165) is 17.0 Å². The summed E-state index contributed by atoms with van der Waals surface area (Å²) in [6.07, 6.45) is -4.54. The minimum atomic E-state index is -4.54. The normalized spacial score (nSPS) is 17.4. The SMILES string of the molecule is CC1=C(CO)[C@@H](c2ccc(C#N)cc2)NC(=O)N1c1cccc(C(F)(F)F)c1. The van der Waals surface area contributed by atoms with Crippen LogP contribution in [0.4, 0.5) is 23.7 Å². The van der Waals surface area contributed by atoms with Crippen LogP contribution in [0.15, 0.2) is 59.8 Å². The first kappa shape index (κ1) is 19.5. The Bertz CT molecular complexity index is 975. The number of rotatable bonds is 3. The van der Waals surface area contributed by atoms with Gasteiger partial charge in [-0.05, 0) is 42.8 Å². The van der Waals surface area contributed by atoms with E-state index in [1.54, 1.807) is 31.2 Å². The fourth-order valence-corrected chi connectivity index (χ4v) is 3.15. The van der Waals surface area contributed by atoms with E-state index in [-0.39, 0.29) is 5.69 Å². The molecule has 0 unspecified atom stereocenters. The molecule has 2 aromatic rings. The molecule has 1 heterocycles. The highest BCUT2D eigenvalue weighted by Crippen LogP contribution is 2.36. The third-order valence-corrected chi connectivity index (χ3v) is 4.59. The van der Waals surface area contributed by atoms with E-state index in [4.69, 9.17) is 5.26 Å². The maximum Gasteiger partial charge on any atom is 0.416 e. The van der Waals surface area contributed by atoms with Gasteiger partial charge in [-0.3, -0.25) is 4.90 Å². The highest BCUT2D eigenvalue weighted by Gasteiger charge is 2.35. The van der Waals surface area contributed by atoms with Crippen molar-refractivity contribution in [1.29, 1.82) is 5.26 Å². The molecule has 0 radical (unpaired) electrons. The lowest BCUT2D eigenvalue weighted by Crippen LogP contribution is -2.47. The zero-order valence-electron chi connectivity index (χ0n) is 14.8. The van der Waals surface area contributed by atoms with Gasteiger partial charge >= 0.3 is 12.2 Å². The largest absolute Gasteiger partial charge is 0.416 e. The number of nitriles is 1. The summed E-state index contributed by atoms with van der Waals surface area (Å²) in [7, 11) is 0. The number of carbonyl (C=O) groups is 1. The predicted octanol–water partition coefficient (Wildman–Crippen LogP) is 4.11. The Morgan fingerprint density at radius 1 is 1.21 bits per heavy atom. The van der Waals surface area contributed by atoms with Crippen LogP contribution in [0.1, 0.15) is 29.7 Å². The molecule has 0 bridgehead atoms. The first-order chi connectivity index (χ1) is 13.3. The maximum atomic E-state index is 13.0. The number of halogens is 3. The molecule has 28 heavy (non-hydrogen) atoms. The molecule has 1 aliphatic heterocycles. The third kappa shape index (κ3) is 3.57. The van der Waals surface area contributed by atoms with E-state index in [1.165, 1.54) is 12.1 Å². The second-order valence-corrected chi connectivity index (χ2v) is 6.27. The Morgan fingerprint density at radius 3 is 2.46 bits per heavy atom. The number of benzene rings is 2. The molecule has 0 saturated heterocycles. The lowest BCUT2D eigenvalue weighted by molar-refractivity contribution is -0.137. The van der Waals surface area contributed by atoms with Gasteiger partial charge in [0.2, 0.25) is 0 Å². The summed E-state index contributed by atoms with van der Waals surface area (Å²) < 4.78 is 39.1. The molecule has 8 heteroatoms. The Morgan fingerprint density at radius 2 is 1.89 bits per heavy atom. The standard InChI is InChI=1S/C20H16F3N3O2/c1-12-17(11-27)18(14-7-5-13(10-24)6-8-14)25-19(28)26(12)16-4-2-3-15(9-16)20(21,22)23/h2-9,18,27H,11H2,1H3,(H,25,28)/t18-/m1/s1. The van der Waals surface area contributed by atoms with Crippen LogP contribution >= 0.6 is 0 Å². The molecule has 5 nitrogen and oxygen atoms in total. The minimum Gasteiger partial charge on any atom is -0.392 e. The summed E-state index contributed by atoms with van der Waals surface area (Å²) in [5, 5.41) is 21.5. The van der Waals surface area contributed by atoms with Gasteiger partial charge in [-0.2, -0.15) is 18.4 Å². The van der Waals surface area contributed by atoms with Gasteiger partial charge in [-0.25, -0.2) is 4.79 Å². The average molecular weight is 387 g/mol. The number of nitrogens with one attached hydrogen (secondary N) is 1. The van der Waals surface area contributed by atoms with Crippen LogP contribution in [0.25, 0.3) is 0 Å². The van der Waals surface area contributed by atoms with E-state index in [1.807, 2.05) is 6.07 Å². The second kappa shape index (κ2) is 7.37. The van der Waals surface area contributed by atoms with Crippen molar-refractivity contribution < 1.29 is 23.1 Å². The molecule has 0 aromatic heterocycles. The fraction of sp³-hybridized carbons (Fsp3) is 0.200. The number of allylic oxidation sites excluding steroid dienone is 1. The molecule has 0 saturated carbocycles. The number of urea groups is 1. The number of carbonyl (C=O) groups excluding carboxylic acids is 1. The van der Waals surface area contributed by atoms with Gasteiger partial charge in [0.15, 0.2) is 0 Å². The lowest BCUT2D eigenvalue weighted by Gasteiger charge is -2.36. The van der Waals surface area contributed by atoms with E-state index in [2.05, 4.69) is 5.32 Å². The lowest BCUT2D eigenvalue weighted by atomic mass is 9.94. The number of anilines is 1. The van der Waals surface area contributed by atoms with Crippen molar-refractivity contribution in [2.24, 2.45) is 0 Å². The number of hydrogen-bond donors (Lipinski definition) is 2. The van der Waals surface area contributed by atoms with Crippen LogP contribution < -0.4 is 10.2 Å². The number of hydrogen-bond acceptors (Lipinski definition) is 3. The number of nitrogens with zero attached hydrogens (tertiary/aromatic N) is 2. The van der Waals surface area contributed by atoms with Crippen LogP contribution in [0.5, 0.6) is 0 Å². The Balaban J connectivity index is 2.04. The first-order valence-corrected chi connectivity index (χ1v) is 8.34. The number of aliphatic hydroxyl groups is 1. The van der Waals surface area contributed by atoms with Gasteiger partial charge in [0.25, 0.3) is 0 Å². The summed E-state index contributed by atoms with van der Waals surface area (Å²) >= 11 is 0. The summed E-state index contributed by atoms with van der Waals surface area (Å²) in [5.74, 6) is 0. The molecule has 1 atom stereocenters. The van der Waals surface area contributed by atoms with Gasteiger partial charge in [-0.1, -0.05) is 18.2 Å². The monoisotopic (exact) mass is 387 g/mol. The molecule has 0 aliphatic carbocycles. The minimum absolute atomic E-state index is 0.0500. The summed E-state index contributed by atoms with van der Waals surface area (Å²) in [6, 6.07) is 11.7. The van der Waals surface area contributed by atoms with Crippen molar-refractivity contribution in [1.82, 2.24) is 5.32 Å². The van der Waals surface area contributed by atoms with Crippen molar-refractivity contribution in [2.75, 3.05) is 11.5 Å². The van der Waals surface area contributed by atoms with Crippen LogP contribution in [0.3, 0.4) is 0 Å². The second-order valence-electron chi connectivity index (χ2n) is 6.27. The Labute approximate surface area is 159 Å². The molecule has 0 spiro atoms. The zero-order chi connectivity index (χ0) is 20.5. The van der Waals surface area contributed by atoms with E-state index >= 15 is 0 Å². The molecular formula is C20H16F3N3O2. The van der Waals surface area contributed by atoms with Crippen LogP contribution in [0, 0.1) is 11.3 Å². The van der Waals surface area contributed by atoms with Crippen LogP contribution in [-0.4, -0.2) is 17.7 Å². The summed E-state index contributed by atoms with van der Waals surface area (Å²) in [4.78, 5) is 13.8. The summed E-state index contributed by atoms with van der Waals surface area (Å²) in [6.45, 7) is 1.17. The van der Waals surface area contributed by atoms with Crippen molar-refractivity contribution in [2.45, 2.75) is 19.1 Å². The third-order valence-electron chi connectivity index (χ3n) is 4.59. The molecule has 3 rings (SSSR count). The quantitative estimate of drug-likeness (QED) is 0.832. The predicted molar refractivity (Wildman–Crippen MR) is 96.1 cm³/mol. The zero-order valence-corrected chi connectivity index (χ0v) is 14.8. The number of alkyl halides is 3. The number of aliphatic hydroxyl groups excluding tert-OH is 1. The highest BCUT2D eigenvalue weighted by atomic mass is 19.4. The Hall–Kier alpha value is -3.31. The van der Waals surface area contributed by atoms with Gasteiger partial charge < -0.3 is 10.4 Å². The van der Waals surface area contributed by atoms with Gasteiger partial charge in [0.05, 0.1) is 35.5 Å². The molecule has 2 N–H and O–H groups in total. The van der Waals surface area contributed by atoms with Gasteiger partial charge in [0, 0.05) is 11.3 Å². The highest BCUT2D eigenvalue weighted by molar-refractivity contribution is 5.97. The molecule has 0 fully saturated rings. The van der Waals surface area contributed by atoms with Crippen LogP contribution in [-0.2, 0) is 6.18 Å². The molecule has 144 valence electrons. The van der Waals surface area contributed by atoms with E-state index in [0.29, 0.717) is 22.4 Å². The maximum absolute atomic E-state index is 13.0. The van der Waals surface area contributed by atoms with Gasteiger partial charge in [-0.15, -0.1) is 0 Å². The van der Waals surface area contributed by atoms with Crippen LogP contribution in [0.2, 0.25) is 0 Å². The molecular weight excluding hydrogens is 371 g/mol. The van der Waals surface area contributed by atoms with Crippen molar-refractivity contribution in [3.63, 3.8) is 0 Å². The van der Waals surface area contributed by atoms with Crippen molar-refractivity contribution in [3.05, 3.63) is 76.5 Å². The summed E-state index contributed by atoms with van der Waals surface area (Å²) in [5.41, 5.74) is 1.07. The molecule has 1 aliphatic rings. The van der Waals surface area contributed by atoms with E-state index < -0.39 is 30.4 Å². The van der Waals surface area contributed by atoms with Gasteiger partial charge in [0.1, 0.15) is 0 Å². The van der Waals surface area contributed by atoms with Crippen molar-refractivity contribution >= 4 is 11.7 Å². The molecule has 2 aromatic carbocycles. The van der Waals surface area contributed by atoms with Crippen molar-refractivity contribution in [3.8, 4) is 6.07 Å². The fourth-order valence-electron chi connectivity index (χ4n) is 3.15. The first-order valence-electron chi connectivity index (χ1n) is 8.34. The average Bonchev–Trinajstić information content (AvgIpc) is 2.67. The molecule has 2 amide bonds. The smallest absolute Gasteiger partial charge is 0.392 e. The Kier molecular flexibility index (Phi) is 5.12.